The van der Waals surface area contributed by atoms with Gasteiger partial charge in [0.25, 0.3) is 0 Å². The third kappa shape index (κ3) is 3.03. The Morgan fingerprint density at radius 2 is 2.29 bits per heavy atom. The normalized spacial score (nSPS) is 12.6. The summed E-state index contributed by atoms with van der Waals surface area (Å²) in [6, 6.07) is 3.67. The maximum Gasteiger partial charge on any atom is 0.129 e. The zero-order valence-electron chi connectivity index (χ0n) is 9.47. The molecule has 90 valence electrons. The minimum absolute atomic E-state index is 0.00367. The van der Waals surface area contributed by atoms with E-state index in [1.165, 1.54) is 0 Å². The highest BCUT2D eigenvalue weighted by Crippen LogP contribution is 2.17. The lowest BCUT2D eigenvalue weighted by molar-refractivity contribution is 0.550. The van der Waals surface area contributed by atoms with Gasteiger partial charge in [0.05, 0.1) is 12.2 Å². The van der Waals surface area contributed by atoms with Crippen molar-refractivity contribution in [2.75, 3.05) is 0 Å². The Morgan fingerprint density at radius 3 is 2.82 bits per heavy atom. The summed E-state index contributed by atoms with van der Waals surface area (Å²) >= 11 is 5.75. The summed E-state index contributed by atoms with van der Waals surface area (Å²) in [5, 5.41) is 4.60. The molecule has 0 bridgehead atoms. The zero-order chi connectivity index (χ0) is 12.3. The van der Waals surface area contributed by atoms with Crippen molar-refractivity contribution in [3.8, 4) is 0 Å². The fraction of sp³-hybridized carbons (Fsp3) is 0.273. The summed E-state index contributed by atoms with van der Waals surface area (Å²) in [5.41, 5.74) is 4.89. The van der Waals surface area contributed by atoms with E-state index in [0.29, 0.717) is 5.15 Å². The Bertz CT molecular complexity index is 479. The summed E-state index contributed by atoms with van der Waals surface area (Å²) < 4.78 is 1.77. The summed E-state index contributed by atoms with van der Waals surface area (Å²) in [6.07, 6.45) is 6.28. The van der Waals surface area contributed by atoms with Crippen molar-refractivity contribution >= 4 is 11.6 Å². The molecule has 2 aromatic rings. The first-order valence-electron chi connectivity index (χ1n) is 5.24. The Balaban J connectivity index is 2.13. The molecule has 0 fully saturated rings. The van der Waals surface area contributed by atoms with Gasteiger partial charge in [-0.1, -0.05) is 17.7 Å². The number of pyridine rings is 1. The molecule has 5 nitrogen and oxygen atoms in total. The summed E-state index contributed by atoms with van der Waals surface area (Å²) in [5.74, 6) is 5.56. The topological polar surface area (TPSA) is 68.8 Å². The molecule has 0 aromatic carbocycles. The predicted molar refractivity (Wildman–Crippen MR) is 66.2 cm³/mol. The molecule has 6 heteroatoms. The molecule has 1 unspecified atom stereocenters. The van der Waals surface area contributed by atoms with E-state index in [-0.39, 0.29) is 6.04 Å². The SMILES string of the molecule is Cn1cc(CC(NN)c2ccc(Cl)nc2)cn1. The second-order valence-electron chi connectivity index (χ2n) is 3.86. The van der Waals surface area contributed by atoms with Crippen molar-refractivity contribution < 1.29 is 0 Å². The lowest BCUT2D eigenvalue weighted by Crippen LogP contribution is -2.29. The van der Waals surface area contributed by atoms with Crippen LogP contribution in [0, 0.1) is 0 Å². The first kappa shape index (κ1) is 12.0. The van der Waals surface area contributed by atoms with E-state index < -0.39 is 0 Å². The van der Waals surface area contributed by atoms with Crippen LogP contribution in [0.5, 0.6) is 0 Å². The second kappa shape index (κ2) is 5.27. The van der Waals surface area contributed by atoms with Gasteiger partial charge in [0, 0.05) is 19.4 Å². The van der Waals surface area contributed by atoms with Crippen molar-refractivity contribution in [2.24, 2.45) is 12.9 Å². The standard InChI is InChI=1S/C11H14ClN5/c1-17-7-8(5-15-17)4-10(16-13)9-2-3-11(12)14-6-9/h2-3,5-7,10,16H,4,13H2,1H3. The van der Waals surface area contributed by atoms with Gasteiger partial charge in [0.2, 0.25) is 0 Å². The molecule has 0 aliphatic rings. The number of nitrogens with one attached hydrogen (secondary N) is 1. The maximum atomic E-state index is 5.75. The lowest BCUT2D eigenvalue weighted by Gasteiger charge is -2.14. The average Bonchev–Trinajstić information content (AvgIpc) is 2.73. The number of hydrazine groups is 1. The maximum absolute atomic E-state index is 5.75. The monoisotopic (exact) mass is 251 g/mol. The van der Waals surface area contributed by atoms with Crippen molar-refractivity contribution in [2.45, 2.75) is 12.5 Å². The van der Waals surface area contributed by atoms with E-state index in [1.807, 2.05) is 25.5 Å². The van der Waals surface area contributed by atoms with Gasteiger partial charge >= 0.3 is 0 Å². The molecule has 0 saturated heterocycles. The van der Waals surface area contributed by atoms with Crippen LogP contribution >= 0.6 is 11.6 Å². The van der Waals surface area contributed by atoms with Gasteiger partial charge in [-0.3, -0.25) is 16.0 Å². The van der Waals surface area contributed by atoms with E-state index in [2.05, 4.69) is 15.5 Å². The van der Waals surface area contributed by atoms with Gasteiger partial charge < -0.3 is 0 Å². The number of aryl methyl sites for hydroxylation is 1. The van der Waals surface area contributed by atoms with Gasteiger partial charge in [-0.25, -0.2) is 4.98 Å². The Kier molecular flexibility index (Phi) is 3.73. The summed E-state index contributed by atoms with van der Waals surface area (Å²) in [4.78, 5) is 4.04. The lowest BCUT2D eigenvalue weighted by atomic mass is 10.0. The number of aromatic nitrogens is 3. The van der Waals surface area contributed by atoms with E-state index in [9.17, 15) is 0 Å². The van der Waals surface area contributed by atoms with Crippen molar-refractivity contribution in [1.29, 1.82) is 0 Å². The molecule has 0 spiro atoms. The number of hydrogen-bond donors (Lipinski definition) is 2. The zero-order valence-corrected chi connectivity index (χ0v) is 10.2. The minimum atomic E-state index is 0.00367. The van der Waals surface area contributed by atoms with E-state index in [0.717, 1.165) is 17.5 Å². The van der Waals surface area contributed by atoms with Gasteiger partial charge in [-0.2, -0.15) is 5.10 Å². The molecule has 3 N–H and O–H groups in total. The van der Waals surface area contributed by atoms with Gasteiger partial charge in [0.1, 0.15) is 5.15 Å². The highest BCUT2D eigenvalue weighted by Gasteiger charge is 2.11. The third-order valence-corrected chi connectivity index (χ3v) is 2.78. The molecule has 0 saturated carbocycles. The van der Waals surface area contributed by atoms with Gasteiger partial charge in [0.15, 0.2) is 0 Å². The number of halogens is 1. The fourth-order valence-corrected chi connectivity index (χ4v) is 1.79. The molecule has 0 aliphatic carbocycles. The largest absolute Gasteiger partial charge is 0.276 e. The third-order valence-electron chi connectivity index (χ3n) is 2.55. The molecule has 2 rings (SSSR count). The quantitative estimate of drug-likeness (QED) is 0.487. The van der Waals surface area contributed by atoms with Crippen LogP contribution in [0.25, 0.3) is 0 Å². The number of nitrogens with two attached hydrogens (primary N) is 1. The van der Waals surface area contributed by atoms with Crippen molar-refractivity contribution in [3.63, 3.8) is 0 Å². The second-order valence-corrected chi connectivity index (χ2v) is 4.25. The smallest absolute Gasteiger partial charge is 0.129 e. The van der Waals surface area contributed by atoms with E-state index in [4.69, 9.17) is 17.4 Å². The van der Waals surface area contributed by atoms with Crippen molar-refractivity contribution in [1.82, 2.24) is 20.2 Å². The van der Waals surface area contributed by atoms with Crippen LogP contribution in [0.2, 0.25) is 5.15 Å². The summed E-state index contributed by atoms with van der Waals surface area (Å²) in [7, 11) is 1.89. The molecule has 0 radical (unpaired) electrons. The van der Waals surface area contributed by atoms with E-state index in [1.54, 1.807) is 16.9 Å². The highest BCUT2D eigenvalue weighted by molar-refractivity contribution is 6.29. The average molecular weight is 252 g/mol. The predicted octanol–water partition coefficient (Wildman–Crippen LogP) is 1.22. The van der Waals surface area contributed by atoms with Crippen LogP contribution in [0.1, 0.15) is 17.2 Å². The fourth-order valence-electron chi connectivity index (χ4n) is 1.68. The molecule has 2 heterocycles. The van der Waals surface area contributed by atoms with Crippen LogP contribution in [0.3, 0.4) is 0 Å². The first-order chi connectivity index (χ1) is 8.19. The van der Waals surface area contributed by atoms with Crippen LogP contribution in [0.4, 0.5) is 0 Å². The molecule has 17 heavy (non-hydrogen) atoms. The Hall–Kier alpha value is -1.43. The molecule has 0 aliphatic heterocycles. The highest BCUT2D eigenvalue weighted by atomic mass is 35.5. The van der Waals surface area contributed by atoms with Crippen LogP contribution in [-0.2, 0) is 13.5 Å². The van der Waals surface area contributed by atoms with Gasteiger partial charge in [-0.15, -0.1) is 0 Å². The molecule has 2 aromatic heterocycles. The Morgan fingerprint density at radius 1 is 1.47 bits per heavy atom. The van der Waals surface area contributed by atoms with Crippen LogP contribution in [0.15, 0.2) is 30.7 Å². The number of hydrogen-bond acceptors (Lipinski definition) is 4. The minimum Gasteiger partial charge on any atom is -0.276 e. The number of nitrogens with zero attached hydrogens (tertiary/aromatic N) is 3. The van der Waals surface area contributed by atoms with Gasteiger partial charge in [-0.05, 0) is 23.6 Å². The summed E-state index contributed by atoms with van der Waals surface area (Å²) in [6.45, 7) is 0. The molecular formula is C11H14ClN5. The molecular weight excluding hydrogens is 238 g/mol. The molecule has 0 amide bonds. The van der Waals surface area contributed by atoms with Crippen molar-refractivity contribution in [3.05, 3.63) is 47.0 Å². The molecule has 1 atom stereocenters. The number of rotatable bonds is 4. The van der Waals surface area contributed by atoms with E-state index >= 15 is 0 Å². The van der Waals surface area contributed by atoms with Crippen LogP contribution < -0.4 is 11.3 Å². The Labute approximate surface area is 105 Å². The first-order valence-corrected chi connectivity index (χ1v) is 5.62. The van der Waals surface area contributed by atoms with Crippen LogP contribution in [-0.4, -0.2) is 14.8 Å².